The fourth-order valence-corrected chi connectivity index (χ4v) is 2.19. The van der Waals surface area contributed by atoms with Crippen LogP contribution in [-0.2, 0) is 0 Å². The van der Waals surface area contributed by atoms with Gasteiger partial charge in [0, 0.05) is 25.2 Å². The summed E-state index contributed by atoms with van der Waals surface area (Å²) in [5, 5.41) is 9.56. The zero-order valence-corrected chi connectivity index (χ0v) is 9.40. The molecule has 1 saturated heterocycles. The molecule has 0 aliphatic carbocycles. The predicted octanol–water partition coefficient (Wildman–Crippen LogP) is 1.09. The van der Waals surface area contributed by atoms with Gasteiger partial charge in [0.15, 0.2) is 0 Å². The fourth-order valence-electron chi connectivity index (χ4n) is 2.19. The van der Waals surface area contributed by atoms with Gasteiger partial charge in [0.1, 0.15) is 11.6 Å². The molecule has 0 spiro atoms. The van der Waals surface area contributed by atoms with E-state index in [1.54, 1.807) is 4.90 Å². The van der Waals surface area contributed by atoms with Crippen LogP contribution in [0.4, 0.5) is 4.39 Å². The van der Waals surface area contributed by atoms with Gasteiger partial charge in [-0.3, -0.25) is 4.79 Å². The number of rotatable bonds is 2. The normalized spacial score (nSPS) is 19.6. The maximum atomic E-state index is 12.8. The molecule has 17 heavy (non-hydrogen) atoms. The number of phenolic OH excluding ortho intramolecular Hbond substituents is 1. The molecule has 92 valence electrons. The summed E-state index contributed by atoms with van der Waals surface area (Å²) >= 11 is 0. The van der Waals surface area contributed by atoms with Crippen molar-refractivity contribution in [2.45, 2.75) is 18.9 Å². The molecule has 1 unspecified atom stereocenters. The third-order valence-electron chi connectivity index (χ3n) is 3.10. The summed E-state index contributed by atoms with van der Waals surface area (Å²) in [4.78, 5) is 13.8. The zero-order valence-electron chi connectivity index (χ0n) is 9.40. The minimum absolute atomic E-state index is 0.0203. The standard InChI is InChI=1S/C12H15FN2O2/c13-8-3-4-10(11(16)6-8)12(17)15-5-1-2-9(15)7-14/h3-4,6,9,16H,1-2,5,7,14H2. The molecule has 2 rings (SSSR count). The van der Waals surface area contributed by atoms with Crippen molar-refractivity contribution in [2.75, 3.05) is 13.1 Å². The van der Waals surface area contributed by atoms with E-state index >= 15 is 0 Å². The molecule has 0 bridgehead atoms. The Morgan fingerprint density at radius 1 is 1.59 bits per heavy atom. The van der Waals surface area contributed by atoms with Crippen LogP contribution < -0.4 is 5.73 Å². The number of carbonyl (C=O) groups excluding carboxylic acids is 1. The number of likely N-dealkylation sites (tertiary alicyclic amines) is 1. The molecule has 3 N–H and O–H groups in total. The molecule has 1 aromatic carbocycles. The highest BCUT2D eigenvalue weighted by molar-refractivity contribution is 5.97. The second-order valence-electron chi connectivity index (χ2n) is 4.19. The average Bonchev–Trinajstić information content (AvgIpc) is 2.76. The van der Waals surface area contributed by atoms with Crippen LogP contribution in [0.1, 0.15) is 23.2 Å². The van der Waals surface area contributed by atoms with Crippen molar-refractivity contribution in [3.8, 4) is 5.75 Å². The summed E-state index contributed by atoms with van der Waals surface area (Å²) in [5.41, 5.74) is 5.72. The molecule has 1 amide bonds. The molecule has 1 aliphatic heterocycles. The van der Waals surface area contributed by atoms with Crippen molar-refractivity contribution in [1.82, 2.24) is 4.90 Å². The van der Waals surface area contributed by atoms with Gasteiger partial charge in [0.25, 0.3) is 5.91 Å². The largest absolute Gasteiger partial charge is 0.507 e. The molecule has 1 aromatic rings. The Hall–Kier alpha value is -1.62. The summed E-state index contributed by atoms with van der Waals surface area (Å²) in [6.07, 6.45) is 1.79. The van der Waals surface area contributed by atoms with Gasteiger partial charge in [-0.15, -0.1) is 0 Å². The van der Waals surface area contributed by atoms with Crippen molar-refractivity contribution in [2.24, 2.45) is 5.73 Å². The summed E-state index contributed by atoms with van der Waals surface area (Å²) in [5.74, 6) is -1.16. The molecule has 4 nitrogen and oxygen atoms in total. The van der Waals surface area contributed by atoms with Crippen LogP contribution in [-0.4, -0.2) is 35.0 Å². The van der Waals surface area contributed by atoms with E-state index in [4.69, 9.17) is 5.73 Å². The van der Waals surface area contributed by atoms with Crippen LogP contribution in [0.2, 0.25) is 0 Å². The van der Waals surface area contributed by atoms with Crippen LogP contribution >= 0.6 is 0 Å². The van der Waals surface area contributed by atoms with Crippen LogP contribution in [0.25, 0.3) is 0 Å². The smallest absolute Gasteiger partial charge is 0.257 e. The van der Waals surface area contributed by atoms with E-state index in [-0.39, 0.29) is 23.3 Å². The molecule has 1 atom stereocenters. The number of hydrogen-bond acceptors (Lipinski definition) is 3. The predicted molar refractivity (Wildman–Crippen MR) is 61.2 cm³/mol. The van der Waals surface area contributed by atoms with E-state index < -0.39 is 5.82 Å². The first-order valence-electron chi connectivity index (χ1n) is 5.63. The molecule has 1 aliphatic rings. The number of nitrogens with two attached hydrogens (primary N) is 1. The molecular weight excluding hydrogens is 223 g/mol. The lowest BCUT2D eigenvalue weighted by molar-refractivity contribution is 0.0738. The second kappa shape index (κ2) is 4.71. The van der Waals surface area contributed by atoms with Crippen molar-refractivity contribution in [1.29, 1.82) is 0 Å². The Labute approximate surface area is 98.8 Å². The van der Waals surface area contributed by atoms with E-state index in [9.17, 15) is 14.3 Å². The van der Waals surface area contributed by atoms with Crippen molar-refractivity contribution in [3.63, 3.8) is 0 Å². The van der Waals surface area contributed by atoms with E-state index in [2.05, 4.69) is 0 Å². The molecule has 0 radical (unpaired) electrons. The third kappa shape index (κ3) is 2.24. The highest BCUT2D eigenvalue weighted by atomic mass is 19.1. The Balaban J connectivity index is 2.24. The summed E-state index contributed by atoms with van der Waals surface area (Å²) in [7, 11) is 0. The molecule has 1 heterocycles. The van der Waals surface area contributed by atoms with Crippen LogP contribution in [0.5, 0.6) is 5.75 Å². The summed E-state index contributed by atoms with van der Waals surface area (Å²) in [6, 6.07) is 3.44. The number of carbonyl (C=O) groups is 1. The number of benzene rings is 1. The van der Waals surface area contributed by atoms with Gasteiger partial charge < -0.3 is 15.7 Å². The third-order valence-corrected chi connectivity index (χ3v) is 3.10. The maximum absolute atomic E-state index is 12.8. The summed E-state index contributed by atoms with van der Waals surface area (Å²) < 4.78 is 12.8. The number of nitrogens with zero attached hydrogens (tertiary/aromatic N) is 1. The topological polar surface area (TPSA) is 66.6 Å². The minimum atomic E-state index is -0.559. The first-order valence-corrected chi connectivity index (χ1v) is 5.63. The number of halogens is 1. The fraction of sp³-hybridized carbons (Fsp3) is 0.417. The van der Waals surface area contributed by atoms with Crippen LogP contribution in [0.3, 0.4) is 0 Å². The molecule has 1 fully saturated rings. The Morgan fingerprint density at radius 3 is 3.00 bits per heavy atom. The quantitative estimate of drug-likeness (QED) is 0.810. The van der Waals surface area contributed by atoms with E-state index in [0.29, 0.717) is 13.1 Å². The van der Waals surface area contributed by atoms with Gasteiger partial charge in [-0.1, -0.05) is 0 Å². The van der Waals surface area contributed by atoms with Crippen molar-refractivity contribution >= 4 is 5.91 Å². The lowest BCUT2D eigenvalue weighted by Gasteiger charge is -2.23. The van der Waals surface area contributed by atoms with Gasteiger partial charge in [-0.25, -0.2) is 4.39 Å². The monoisotopic (exact) mass is 238 g/mol. The number of phenols is 1. The van der Waals surface area contributed by atoms with Gasteiger partial charge in [0.05, 0.1) is 5.56 Å². The lowest BCUT2D eigenvalue weighted by atomic mass is 10.1. The minimum Gasteiger partial charge on any atom is -0.507 e. The Kier molecular flexibility index (Phi) is 3.28. The van der Waals surface area contributed by atoms with E-state index in [1.165, 1.54) is 12.1 Å². The van der Waals surface area contributed by atoms with Crippen LogP contribution in [0.15, 0.2) is 18.2 Å². The molecular formula is C12H15FN2O2. The second-order valence-corrected chi connectivity index (χ2v) is 4.19. The van der Waals surface area contributed by atoms with E-state index in [0.717, 1.165) is 18.9 Å². The van der Waals surface area contributed by atoms with Gasteiger partial charge in [0.2, 0.25) is 0 Å². The average molecular weight is 238 g/mol. The summed E-state index contributed by atoms with van der Waals surface area (Å²) in [6.45, 7) is 1.05. The Morgan fingerprint density at radius 2 is 2.35 bits per heavy atom. The lowest BCUT2D eigenvalue weighted by Crippen LogP contribution is -2.39. The Bertz CT molecular complexity index is 437. The van der Waals surface area contributed by atoms with Crippen molar-refractivity contribution in [3.05, 3.63) is 29.6 Å². The SMILES string of the molecule is NCC1CCCN1C(=O)c1ccc(F)cc1O. The van der Waals surface area contributed by atoms with E-state index in [1.807, 2.05) is 0 Å². The van der Waals surface area contributed by atoms with Crippen molar-refractivity contribution < 1.29 is 14.3 Å². The first kappa shape index (κ1) is 11.9. The molecule has 5 heteroatoms. The maximum Gasteiger partial charge on any atom is 0.257 e. The highest BCUT2D eigenvalue weighted by Gasteiger charge is 2.29. The highest BCUT2D eigenvalue weighted by Crippen LogP contribution is 2.24. The molecule has 0 aromatic heterocycles. The first-order chi connectivity index (χ1) is 8.13. The zero-order chi connectivity index (χ0) is 12.4. The van der Waals surface area contributed by atoms with Gasteiger partial charge in [-0.2, -0.15) is 0 Å². The van der Waals surface area contributed by atoms with Gasteiger partial charge in [-0.05, 0) is 25.0 Å². The van der Waals surface area contributed by atoms with Crippen LogP contribution in [0, 0.1) is 5.82 Å². The number of aromatic hydroxyl groups is 1. The van der Waals surface area contributed by atoms with Gasteiger partial charge >= 0.3 is 0 Å². The molecule has 0 saturated carbocycles. The number of amides is 1. The number of hydrogen-bond donors (Lipinski definition) is 2.